The quantitative estimate of drug-likeness (QED) is 0.921. The van der Waals surface area contributed by atoms with Crippen LogP contribution in [0.4, 0.5) is 0 Å². The van der Waals surface area contributed by atoms with Gasteiger partial charge in [0.15, 0.2) is 0 Å². The van der Waals surface area contributed by atoms with Gasteiger partial charge in [0.05, 0.1) is 19.8 Å². The van der Waals surface area contributed by atoms with E-state index in [1.165, 1.54) is 7.05 Å². The molecule has 4 nitrogen and oxygen atoms in total. The Bertz CT molecular complexity index is 368. The van der Waals surface area contributed by atoms with Crippen LogP contribution in [0, 0.1) is 0 Å². The molecule has 1 fully saturated rings. The molecule has 1 aromatic rings. The molecule has 0 bridgehead atoms. The standard InChI is InChI=1S/C13H18ClNO2.CH5N/c1-2-17-13-4-3-12(14)9-11(13)10-15-5-7-16-8-6-15;1-2/h3-4,9H,2,5-8,10H2,1H3;2H2,1H3. The number of hydrogen-bond donors (Lipinski definition) is 1. The number of benzene rings is 1. The maximum atomic E-state index is 6.04. The fourth-order valence-electron chi connectivity index (χ4n) is 1.97. The van der Waals surface area contributed by atoms with E-state index in [1.54, 1.807) is 0 Å². The summed E-state index contributed by atoms with van der Waals surface area (Å²) in [5, 5.41) is 0.761. The molecule has 1 saturated heterocycles. The van der Waals surface area contributed by atoms with Gasteiger partial charge in [0.1, 0.15) is 5.75 Å². The summed E-state index contributed by atoms with van der Waals surface area (Å²) in [6.07, 6.45) is 0. The van der Waals surface area contributed by atoms with Crippen molar-refractivity contribution in [2.45, 2.75) is 13.5 Å². The first-order chi connectivity index (χ1) is 9.29. The van der Waals surface area contributed by atoms with Crippen molar-refractivity contribution >= 4 is 11.6 Å². The molecule has 0 atom stereocenters. The highest BCUT2D eigenvalue weighted by molar-refractivity contribution is 6.30. The van der Waals surface area contributed by atoms with E-state index in [0.717, 1.165) is 49.2 Å². The lowest BCUT2D eigenvalue weighted by Crippen LogP contribution is -2.35. The third kappa shape index (κ3) is 5.37. The van der Waals surface area contributed by atoms with Crippen molar-refractivity contribution in [3.8, 4) is 5.75 Å². The Hall–Kier alpha value is -0.810. The number of rotatable bonds is 4. The molecule has 1 aromatic carbocycles. The number of nitrogens with zero attached hydrogens (tertiary/aromatic N) is 1. The summed E-state index contributed by atoms with van der Waals surface area (Å²) >= 11 is 6.04. The van der Waals surface area contributed by atoms with Crippen LogP contribution in [-0.4, -0.2) is 44.9 Å². The molecule has 0 radical (unpaired) electrons. The van der Waals surface area contributed by atoms with Gasteiger partial charge in [0.25, 0.3) is 0 Å². The zero-order chi connectivity index (χ0) is 14.1. The second kappa shape index (κ2) is 9.15. The van der Waals surface area contributed by atoms with Crippen molar-refractivity contribution < 1.29 is 9.47 Å². The molecule has 108 valence electrons. The first-order valence-corrected chi connectivity index (χ1v) is 6.96. The SMILES string of the molecule is CCOc1ccc(Cl)cc1CN1CCOCC1.CN. The first-order valence-electron chi connectivity index (χ1n) is 6.58. The van der Waals surface area contributed by atoms with Gasteiger partial charge < -0.3 is 15.2 Å². The van der Waals surface area contributed by atoms with Crippen molar-refractivity contribution in [3.05, 3.63) is 28.8 Å². The van der Waals surface area contributed by atoms with Crippen LogP contribution in [0.5, 0.6) is 5.75 Å². The van der Waals surface area contributed by atoms with E-state index in [4.69, 9.17) is 21.1 Å². The molecule has 0 aromatic heterocycles. The normalized spacial score (nSPS) is 15.6. The number of hydrogen-bond acceptors (Lipinski definition) is 4. The maximum Gasteiger partial charge on any atom is 0.123 e. The molecule has 1 heterocycles. The summed E-state index contributed by atoms with van der Waals surface area (Å²) in [5.41, 5.74) is 5.65. The highest BCUT2D eigenvalue weighted by Crippen LogP contribution is 2.24. The average molecular weight is 287 g/mol. The molecule has 1 aliphatic heterocycles. The van der Waals surface area contributed by atoms with Gasteiger partial charge in [0, 0.05) is 30.2 Å². The van der Waals surface area contributed by atoms with Crippen LogP contribution in [0.15, 0.2) is 18.2 Å². The summed E-state index contributed by atoms with van der Waals surface area (Å²) in [6, 6.07) is 5.80. The second-order valence-corrected chi connectivity index (χ2v) is 4.51. The number of halogens is 1. The predicted octanol–water partition coefficient (Wildman–Crippen LogP) is 2.15. The van der Waals surface area contributed by atoms with Gasteiger partial charge in [0.2, 0.25) is 0 Å². The van der Waals surface area contributed by atoms with Crippen molar-refractivity contribution in [3.63, 3.8) is 0 Å². The van der Waals surface area contributed by atoms with Crippen LogP contribution in [0.3, 0.4) is 0 Å². The molecule has 0 aliphatic carbocycles. The lowest BCUT2D eigenvalue weighted by atomic mass is 10.2. The Morgan fingerprint density at radius 2 is 2.00 bits per heavy atom. The van der Waals surface area contributed by atoms with E-state index in [-0.39, 0.29) is 0 Å². The van der Waals surface area contributed by atoms with Crippen LogP contribution < -0.4 is 10.5 Å². The Kier molecular flexibility index (Phi) is 7.82. The molecule has 0 saturated carbocycles. The zero-order valence-electron chi connectivity index (χ0n) is 11.7. The molecular weight excluding hydrogens is 264 g/mol. The van der Waals surface area contributed by atoms with E-state index in [9.17, 15) is 0 Å². The number of morpholine rings is 1. The van der Waals surface area contributed by atoms with Crippen molar-refractivity contribution in [2.24, 2.45) is 5.73 Å². The highest BCUT2D eigenvalue weighted by atomic mass is 35.5. The Balaban J connectivity index is 0.000000861. The molecular formula is C14H23ClN2O2. The van der Waals surface area contributed by atoms with E-state index < -0.39 is 0 Å². The van der Waals surface area contributed by atoms with E-state index >= 15 is 0 Å². The van der Waals surface area contributed by atoms with Crippen LogP contribution >= 0.6 is 11.6 Å². The Morgan fingerprint density at radius 1 is 1.32 bits per heavy atom. The van der Waals surface area contributed by atoms with Crippen LogP contribution in [0.2, 0.25) is 5.02 Å². The van der Waals surface area contributed by atoms with Crippen molar-refractivity contribution in [2.75, 3.05) is 40.0 Å². The lowest BCUT2D eigenvalue weighted by Gasteiger charge is -2.27. The molecule has 2 N–H and O–H groups in total. The summed E-state index contributed by atoms with van der Waals surface area (Å²) in [5.74, 6) is 0.934. The predicted molar refractivity (Wildman–Crippen MR) is 78.8 cm³/mol. The van der Waals surface area contributed by atoms with E-state index in [1.807, 2.05) is 25.1 Å². The Labute approximate surface area is 120 Å². The second-order valence-electron chi connectivity index (χ2n) is 4.07. The smallest absolute Gasteiger partial charge is 0.123 e. The van der Waals surface area contributed by atoms with Crippen LogP contribution in [0.25, 0.3) is 0 Å². The highest BCUT2D eigenvalue weighted by Gasteiger charge is 2.13. The third-order valence-electron chi connectivity index (χ3n) is 2.82. The van der Waals surface area contributed by atoms with Gasteiger partial charge in [-0.25, -0.2) is 0 Å². The fraction of sp³-hybridized carbons (Fsp3) is 0.571. The number of ether oxygens (including phenoxy) is 2. The van der Waals surface area contributed by atoms with Gasteiger partial charge in [-0.2, -0.15) is 0 Å². The van der Waals surface area contributed by atoms with Gasteiger partial charge in [-0.05, 0) is 32.2 Å². The van der Waals surface area contributed by atoms with Gasteiger partial charge in [-0.1, -0.05) is 11.6 Å². The average Bonchev–Trinajstić information content (AvgIpc) is 2.45. The first kappa shape index (κ1) is 16.2. The van der Waals surface area contributed by atoms with Crippen molar-refractivity contribution in [1.82, 2.24) is 4.90 Å². The van der Waals surface area contributed by atoms with E-state index in [2.05, 4.69) is 10.6 Å². The minimum Gasteiger partial charge on any atom is -0.494 e. The molecule has 2 rings (SSSR count). The molecule has 0 amide bonds. The molecule has 1 aliphatic rings. The van der Waals surface area contributed by atoms with E-state index in [0.29, 0.717) is 6.61 Å². The van der Waals surface area contributed by atoms with Crippen molar-refractivity contribution in [1.29, 1.82) is 0 Å². The van der Waals surface area contributed by atoms with Crippen LogP contribution in [-0.2, 0) is 11.3 Å². The summed E-state index contributed by atoms with van der Waals surface area (Å²) in [6.45, 7) is 7.11. The zero-order valence-corrected chi connectivity index (χ0v) is 12.4. The van der Waals surface area contributed by atoms with Crippen LogP contribution in [0.1, 0.15) is 12.5 Å². The maximum absolute atomic E-state index is 6.04. The molecule has 0 unspecified atom stereocenters. The topological polar surface area (TPSA) is 47.7 Å². The largest absolute Gasteiger partial charge is 0.494 e. The lowest BCUT2D eigenvalue weighted by molar-refractivity contribution is 0.0338. The molecule has 5 heteroatoms. The molecule has 0 spiro atoms. The third-order valence-corrected chi connectivity index (χ3v) is 3.06. The summed E-state index contributed by atoms with van der Waals surface area (Å²) < 4.78 is 11.0. The fourth-order valence-corrected chi connectivity index (χ4v) is 2.16. The summed E-state index contributed by atoms with van der Waals surface area (Å²) in [4.78, 5) is 2.36. The van der Waals surface area contributed by atoms with Gasteiger partial charge >= 0.3 is 0 Å². The van der Waals surface area contributed by atoms with Gasteiger partial charge in [-0.15, -0.1) is 0 Å². The monoisotopic (exact) mass is 286 g/mol. The Morgan fingerprint density at radius 3 is 2.63 bits per heavy atom. The minimum absolute atomic E-state index is 0.678. The number of nitrogens with two attached hydrogens (primary N) is 1. The minimum atomic E-state index is 0.678. The summed E-state index contributed by atoms with van der Waals surface area (Å²) in [7, 11) is 1.50. The van der Waals surface area contributed by atoms with Gasteiger partial charge in [-0.3, -0.25) is 4.90 Å². The molecule has 19 heavy (non-hydrogen) atoms.